The fraction of sp³-hybridized carbons (Fsp3) is 0.439. The molecule has 0 spiro atoms. The van der Waals surface area contributed by atoms with E-state index in [0.29, 0.717) is 48.6 Å². The van der Waals surface area contributed by atoms with Gasteiger partial charge in [0, 0.05) is 37.6 Å². The second kappa shape index (κ2) is 15.9. The molecule has 52 heavy (non-hydrogen) atoms. The highest BCUT2D eigenvalue weighted by atomic mass is 16.5. The molecule has 0 radical (unpaired) electrons. The Hall–Kier alpha value is -4.71. The number of phenolic OH excluding ortho intramolecular Hbond substituents is 1. The van der Waals surface area contributed by atoms with Gasteiger partial charge in [-0.1, -0.05) is 48.5 Å². The minimum Gasteiger partial charge on any atom is -0.506 e. The summed E-state index contributed by atoms with van der Waals surface area (Å²) < 4.78 is 12.1. The smallest absolute Gasteiger partial charge is 0.320 e. The number of piperidine rings is 3. The van der Waals surface area contributed by atoms with Gasteiger partial charge >= 0.3 is 5.97 Å². The van der Waals surface area contributed by atoms with Crippen molar-refractivity contribution in [3.63, 3.8) is 0 Å². The molecule has 1 amide bonds. The topological polar surface area (TPSA) is 144 Å². The number of amides is 1. The van der Waals surface area contributed by atoms with Crippen molar-refractivity contribution < 1.29 is 29.3 Å². The van der Waals surface area contributed by atoms with Crippen LogP contribution < -0.4 is 15.6 Å². The normalized spacial score (nSPS) is 21.0. The molecule has 0 saturated carbocycles. The van der Waals surface area contributed by atoms with Crippen LogP contribution in [0.15, 0.2) is 83.7 Å². The Labute approximate surface area is 303 Å². The number of fused-ring (bicyclic) bond motifs is 4. The van der Waals surface area contributed by atoms with E-state index in [1.165, 1.54) is 12.1 Å². The maximum absolute atomic E-state index is 13.7. The number of pyridine rings is 1. The first-order chi connectivity index (χ1) is 25.3. The van der Waals surface area contributed by atoms with Crippen molar-refractivity contribution in [2.45, 2.75) is 56.1 Å². The van der Waals surface area contributed by atoms with Crippen LogP contribution in [-0.4, -0.2) is 95.4 Å². The van der Waals surface area contributed by atoms with E-state index in [-0.39, 0.29) is 35.7 Å². The van der Waals surface area contributed by atoms with E-state index in [1.807, 2.05) is 54.6 Å². The second-order valence-corrected chi connectivity index (χ2v) is 14.5. The number of benzene rings is 3. The zero-order valence-electron chi connectivity index (χ0n) is 29.5. The number of H-pyrrole nitrogens is 1. The second-order valence-electron chi connectivity index (χ2n) is 14.5. The summed E-state index contributed by atoms with van der Waals surface area (Å²) >= 11 is 0. The molecule has 2 atom stereocenters. The molecule has 4 fully saturated rings. The number of unbranched alkanes of at least 4 members (excludes halogenated alkanes) is 2. The summed E-state index contributed by atoms with van der Waals surface area (Å²) in [6.45, 7) is 5.28. The van der Waals surface area contributed by atoms with Crippen molar-refractivity contribution in [1.29, 1.82) is 0 Å². The lowest BCUT2D eigenvalue weighted by molar-refractivity contribution is -0.175. The number of aromatic hydroxyl groups is 1. The Kier molecular flexibility index (Phi) is 10.9. The summed E-state index contributed by atoms with van der Waals surface area (Å²) in [6, 6.07) is 23.5. The van der Waals surface area contributed by atoms with Crippen LogP contribution in [0.3, 0.4) is 0 Å². The van der Waals surface area contributed by atoms with Crippen LogP contribution in [0, 0.1) is 5.92 Å². The minimum absolute atomic E-state index is 0.00949. The number of hydrogen-bond acceptors (Lipinski definition) is 9. The first-order valence-corrected chi connectivity index (χ1v) is 18.5. The van der Waals surface area contributed by atoms with Crippen LogP contribution in [-0.2, 0) is 26.2 Å². The Morgan fingerprint density at radius 2 is 1.71 bits per heavy atom. The number of nitrogens with zero attached hydrogens (tertiary/aromatic N) is 2. The van der Waals surface area contributed by atoms with Crippen LogP contribution in [0.2, 0.25) is 0 Å². The quantitative estimate of drug-likeness (QED) is 0.106. The summed E-state index contributed by atoms with van der Waals surface area (Å²) in [5.41, 5.74) is 1.62. The van der Waals surface area contributed by atoms with Crippen molar-refractivity contribution in [3.05, 3.63) is 106 Å². The van der Waals surface area contributed by atoms with Gasteiger partial charge in [-0.05, 0) is 98.6 Å². The fourth-order valence-electron chi connectivity index (χ4n) is 7.87. The predicted octanol–water partition coefficient (Wildman–Crippen LogP) is 4.07. The minimum atomic E-state index is -0.829. The van der Waals surface area contributed by atoms with E-state index >= 15 is 0 Å². The third-order valence-corrected chi connectivity index (χ3v) is 11.0. The number of nitrogens with one attached hydrogen (secondary N) is 2. The van der Waals surface area contributed by atoms with Crippen LogP contribution in [0.25, 0.3) is 10.9 Å². The molecule has 4 aliphatic heterocycles. The molecule has 4 aromatic rings. The number of hydrogen-bond donors (Lipinski definition) is 4. The van der Waals surface area contributed by atoms with E-state index in [9.17, 15) is 24.6 Å². The Balaban J connectivity index is 0.812. The molecule has 4 N–H and O–H groups in total. The SMILES string of the molecule is O=C(Cc1ccc(OCCCCCNCC(O)c2ccc(O)c3[nH]c(=O)ccc23)cc1)N1CC(C(=O)OC2CN3CCC2CC3)(c2ccccc2)C1. The molecule has 274 valence electrons. The summed E-state index contributed by atoms with van der Waals surface area (Å²) in [7, 11) is 0. The molecule has 5 heterocycles. The standard InChI is InChI=1S/C41H48N4O7/c46-34-15-13-32(33-14-16-37(48)43-39(33)34)35(47)24-42-19-5-2-6-22-51-31-11-9-28(10-12-31)23-38(49)45-26-41(27-45,30-7-3-1-4-8-30)40(50)52-36-25-44-20-17-29(36)18-21-44/h1,3-4,7-16,29,35-36,42,46-47H,2,5-6,17-27H2,(H,43,48). The zero-order chi connectivity index (χ0) is 36.1. The van der Waals surface area contributed by atoms with Gasteiger partial charge < -0.3 is 34.9 Å². The highest BCUT2D eigenvalue weighted by Gasteiger charge is 2.54. The molecule has 11 heteroatoms. The molecule has 0 aliphatic carbocycles. The van der Waals surface area contributed by atoms with Crippen molar-refractivity contribution in [3.8, 4) is 11.5 Å². The molecule has 4 saturated heterocycles. The number of esters is 1. The van der Waals surface area contributed by atoms with Crippen molar-refractivity contribution in [1.82, 2.24) is 20.1 Å². The monoisotopic (exact) mass is 708 g/mol. The maximum Gasteiger partial charge on any atom is 0.320 e. The van der Waals surface area contributed by atoms with Gasteiger partial charge in [0.1, 0.15) is 23.0 Å². The van der Waals surface area contributed by atoms with Gasteiger partial charge in [-0.15, -0.1) is 0 Å². The van der Waals surface area contributed by atoms with E-state index in [4.69, 9.17) is 9.47 Å². The Bertz CT molecular complexity index is 1900. The van der Waals surface area contributed by atoms with Crippen LogP contribution in [0.1, 0.15) is 54.9 Å². The predicted molar refractivity (Wildman–Crippen MR) is 197 cm³/mol. The summed E-state index contributed by atoms with van der Waals surface area (Å²) in [5.74, 6) is 0.931. The van der Waals surface area contributed by atoms with Crippen molar-refractivity contribution in [2.75, 3.05) is 52.4 Å². The van der Waals surface area contributed by atoms with Crippen molar-refractivity contribution in [2.24, 2.45) is 5.92 Å². The van der Waals surface area contributed by atoms with Crippen molar-refractivity contribution >= 4 is 22.8 Å². The summed E-state index contributed by atoms with van der Waals surface area (Å²) in [5, 5.41) is 24.7. The first-order valence-electron chi connectivity index (χ1n) is 18.5. The largest absolute Gasteiger partial charge is 0.506 e. The molecule has 2 bridgehead atoms. The first kappa shape index (κ1) is 35.7. The number of aromatic amines is 1. The number of carbonyl (C=O) groups is 2. The van der Waals surface area contributed by atoms with Gasteiger partial charge in [-0.2, -0.15) is 0 Å². The van der Waals surface area contributed by atoms with Gasteiger partial charge in [-0.25, -0.2) is 0 Å². The van der Waals surface area contributed by atoms with Crippen LogP contribution >= 0.6 is 0 Å². The number of aliphatic hydroxyl groups excluding tert-OH is 1. The lowest BCUT2D eigenvalue weighted by atomic mass is 9.73. The third-order valence-electron chi connectivity index (χ3n) is 11.0. The molecule has 8 rings (SSSR count). The number of likely N-dealkylation sites (tertiary alicyclic amines) is 1. The van der Waals surface area contributed by atoms with Gasteiger partial charge in [0.25, 0.3) is 0 Å². The van der Waals surface area contributed by atoms with E-state index in [0.717, 1.165) is 75.2 Å². The summed E-state index contributed by atoms with van der Waals surface area (Å²) in [4.78, 5) is 45.5. The number of carbonyl (C=O) groups excluding carboxylic acids is 2. The number of rotatable bonds is 15. The highest BCUT2D eigenvalue weighted by molar-refractivity contribution is 5.90. The van der Waals surface area contributed by atoms with E-state index in [1.54, 1.807) is 17.0 Å². The average Bonchev–Trinajstić information content (AvgIpc) is 3.14. The lowest BCUT2D eigenvalue weighted by Gasteiger charge is -2.50. The number of ether oxygens (including phenoxy) is 2. The Morgan fingerprint density at radius 1 is 0.942 bits per heavy atom. The molecule has 1 aromatic heterocycles. The zero-order valence-corrected chi connectivity index (χ0v) is 29.5. The fourth-order valence-corrected chi connectivity index (χ4v) is 7.87. The number of aliphatic hydroxyl groups is 1. The van der Waals surface area contributed by atoms with Gasteiger partial charge in [-0.3, -0.25) is 19.3 Å². The van der Waals surface area contributed by atoms with Gasteiger partial charge in [0.15, 0.2) is 0 Å². The molecular formula is C41H48N4O7. The molecule has 11 nitrogen and oxygen atoms in total. The summed E-state index contributed by atoms with van der Waals surface area (Å²) in [6.07, 6.45) is 4.29. The van der Waals surface area contributed by atoms with Crippen LogP contribution in [0.5, 0.6) is 11.5 Å². The van der Waals surface area contributed by atoms with Gasteiger partial charge in [0.05, 0.1) is 24.6 Å². The molecule has 3 aromatic carbocycles. The lowest BCUT2D eigenvalue weighted by Crippen LogP contribution is -2.66. The molecular weight excluding hydrogens is 660 g/mol. The van der Waals surface area contributed by atoms with E-state index in [2.05, 4.69) is 15.2 Å². The maximum atomic E-state index is 13.7. The van der Waals surface area contributed by atoms with Gasteiger partial charge in [0.2, 0.25) is 11.5 Å². The van der Waals surface area contributed by atoms with E-state index < -0.39 is 11.5 Å². The number of aromatic nitrogens is 1. The average molecular weight is 709 g/mol. The third kappa shape index (κ3) is 7.86. The molecule has 4 aliphatic rings. The van der Waals surface area contributed by atoms with Crippen LogP contribution in [0.4, 0.5) is 0 Å². The highest BCUT2D eigenvalue weighted by Crippen LogP contribution is 2.39. The number of phenols is 1. The Morgan fingerprint density at radius 3 is 2.44 bits per heavy atom. The molecule has 2 unspecified atom stereocenters.